The molecule has 1 aliphatic carbocycles. The molecular formula is C19H19F3N2O2S. The molecule has 4 nitrogen and oxygen atoms in total. The van der Waals surface area contributed by atoms with Crippen LogP contribution in [0.4, 0.5) is 23.9 Å². The van der Waals surface area contributed by atoms with Gasteiger partial charge in [0.15, 0.2) is 0 Å². The standard InChI is InChI=1S/C19H19F3N2O2S/c1-10-7-8-12(9-11(10)2)23-16(25)15-13-5-3-4-6-14(13)27-17(15)24-18(26)19(20,21)22/h7-9H,3-6H2,1-2H3,(H,23,25)(H,24,26). The maximum absolute atomic E-state index is 12.9. The number of hydrogen-bond donors (Lipinski definition) is 2. The van der Waals surface area contributed by atoms with Crippen LogP contribution in [-0.2, 0) is 17.6 Å². The van der Waals surface area contributed by atoms with Crippen LogP contribution in [0.1, 0.15) is 44.8 Å². The number of nitrogens with one attached hydrogen (secondary N) is 2. The molecule has 1 aliphatic rings. The molecule has 2 aromatic rings. The summed E-state index contributed by atoms with van der Waals surface area (Å²) in [5.41, 5.74) is 3.51. The lowest BCUT2D eigenvalue weighted by atomic mass is 9.95. The van der Waals surface area contributed by atoms with Gasteiger partial charge in [0, 0.05) is 10.6 Å². The molecule has 0 radical (unpaired) electrons. The Bertz CT molecular complexity index is 903. The largest absolute Gasteiger partial charge is 0.471 e. The summed E-state index contributed by atoms with van der Waals surface area (Å²) in [7, 11) is 0. The van der Waals surface area contributed by atoms with Gasteiger partial charge in [-0.25, -0.2) is 0 Å². The Morgan fingerprint density at radius 3 is 2.41 bits per heavy atom. The van der Waals surface area contributed by atoms with Crippen LogP contribution in [-0.4, -0.2) is 18.0 Å². The Labute approximate surface area is 158 Å². The van der Waals surface area contributed by atoms with Gasteiger partial charge in [0.25, 0.3) is 5.91 Å². The van der Waals surface area contributed by atoms with E-state index in [9.17, 15) is 22.8 Å². The van der Waals surface area contributed by atoms with Crippen molar-refractivity contribution >= 4 is 33.8 Å². The molecule has 3 rings (SSSR count). The second kappa shape index (κ2) is 7.34. The van der Waals surface area contributed by atoms with Crippen molar-refractivity contribution in [2.24, 2.45) is 0 Å². The quantitative estimate of drug-likeness (QED) is 0.767. The summed E-state index contributed by atoms with van der Waals surface area (Å²) in [6.45, 7) is 3.85. The van der Waals surface area contributed by atoms with Gasteiger partial charge in [-0.05, 0) is 68.4 Å². The number of carbonyl (C=O) groups is 2. The van der Waals surface area contributed by atoms with E-state index in [-0.39, 0.29) is 10.6 Å². The first-order chi connectivity index (χ1) is 12.7. The highest BCUT2D eigenvalue weighted by molar-refractivity contribution is 7.17. The van der Waals surface area contributed by atoms with Crippen LogP contribution in [0.15, 0.2) is 18.2 Å². The Morgan fingerprint density at radius 1 is 1.04 bits per heavy atom. The lowest BCUT2D eigenvalue weighted by molar-refractivity contribution is -0.167. The summed E-state index contributed by atoms with van der Waals surface area (Å²) in [6, 6.07) is 5.41. The van der Waals surface area contributed by atoms with E-state index in [2.05, 4.69) is 5.32 Å². The van der Waals surface area contributed by atoms with Crippen LogP contribution in [0.3, 0.4) is 0 Å². The fourth-order valence-electron chi connectivity index (χ4n) is 3.08. The molecule has 2 N–H and O–H groups in total. The Hall–Kier alpha value is -2.35. The first kappa shape index (κ1) is 19.4. The zero-order chi connectivity index (χ0) is 19.8. The summed E-state index contributed by atoms with van der Waals surface area (Å²) < 4.78 is 38.0. The van der Waals surface area contributed by atoms with Crippen molar-refractivity contribution in [2.45, 2.75) is 45.7 Å². The molecule has 0 aliphatic heterocycles. The highest BCUT2D eigenvalue weighted by Crippen LogP contribution is 2.39. The van der Waals surface area contributed by atoms with Crippen LogP contribution >= 0.6 is 11.3 Å². The summed E-state index contributed by atoms with van der Waals surface area (Å²) in [4.78, 5) is 25.1. The number of rotatable bonds is 3. The molecule has 144 valence electrons. The predicted molar refractivity (Wildman–Crippen MR) is 99.5 cm³/mol. The van der Waals surface area contributed by atoms with E-state index < -0.39 is 18.0 Å². The third-order valence-corrected chi connectivity index (χ3v) is 5.85. The fourth-order valence-corrected chi connectivity index (χ4v) is 4.36. The summed E-state index contributed by atoms with van der Waals surface area (Å²) >= 11 is 1.06. The number of carbonyl (C=O) groups excluding carboxylic acids is 2. The van der Waals surface area contributed by atoms with E-state index in [1.807, 2.05) is 25.2 Å². The minimum atomic E-state index is -5.01. The lowest BCUT2D eigenvalue weighted by Gasteiger charge is -2.14. The smallest absolute Gasteiger partial charge is 0.322 e. The number of amides is 2. The van der Waals surface area contributed by atoms with Crippen molar-refractivity contribution in [3.8, 4) is 0 Å². The molecule has 0 atom stereocenters. The average molecular weight is 396 g/mol. The van der Waals surface area contributed by atoms with E-state index >= 15 is 0 Å². The highest BCUT2D eigenvalue weighted by Gasteiger charge is 2.40. The third-order valence-electron chi connectivity index (χ3n) is 4.65. The van der Waals surface area contributed by atoms with Gasteiger partial charge in [0.2, 0.25) is 0 Å². The average Bonchev–Trinajstić information content (AvgIpc) is 2.95. The topological polar surface area (TPSA) is 58.2 Å². The van der Waals surface area contributed by atoms with Crippen molar-refractivity contribution in [2.75, 3.05) is 10.6 Å². The van der Waals surface area contributed by atoms with E-state index in [0.717, 1.165) is 45.7 Å². The molecule has 27 heavy (non-hydrogen) atoms. The van der Waals surface area contributed by atoms with Gasteiger partial charge >= 0.3 is 12.1 Å². The van der Waals surface area contributed by atoms with Crippen LogP contribution in [0.5, 0.6) is 0 Å². The predicted octanol–water partition coefficient (Wildman–Crippen LogP) is 5.00. The summed E-state index contributed by atoms with van der Waals surface area (Å²) in [5.74, 6) is -2.57. The van der Waals surface area contributed by atoms with Crippen molar-refractivity contribution in [1.82, 2.24) is 0 Å². The number of alkyl halides is 3. The Morgan fingerprint density at radius 2 is 1.74 bits per heavy atom. The van der Waals surface area contributed by atoms with Crippen molar-refractivity contribution in [1.29, 1.82) is 0 Å². The highest BCUT2D eigenvalue weighted by atomic mass is 32.1. The van der Waals surface area contributed by atoms with E-state index in [1.54, 1.807) is 12.1 Å². The molecule has 1 aromatic heterocycles. The van der Waals surface area contributed by atoms with E-state index in [1.165, 1.54) is 0 Å². The maximum Gasteiger partial charge on any atom is 0.471 e. The molecule has 1 heterocycles. The van der Waals surface area contributed by atoms with Crippen molar-refractivity contribution in [3.63, 3.8) is 0 Å². The van der Waals surface area contributed by atoms with Gasteiger partial charge in [0.05, 0.1) is 5.56 Å². The Balaban J connectivity index is 1.94. The SMILES string of the molecule is Cc1ccc(NC(=O)c2c(NC(=O)C(F)(F)F)sc3c2CCCC3)cc1C. The third kappa shape index (κ3) is 4.16. The van der Waals surface area contributed by atoms with E-state index in [4.69, 9.17) is 0 Å². The molecule has 0 saturated carbocycles. The van der Waals surface area contributed by atoms with Gasteiger partial charge in [-0.1, -0.05) is 6.07 Å². The molecule has 0 unspecified atom stereocenters. The normalized spacial score (nSPS) is 13.8. The second-order valence-electron chi connectivity index (χ2n) is 6.62. The minimum absolute atomic E-state index is 0.0365. The Kier molecular flexibility index (Phi) is 5.28. The van der Waals surface area contributed by atoms with Crippen molar-refractivity contribution < 1.29 is 22.8 Å². The van der Waals surface area contributed by atoms with Gasteiger partial charge in [0.1, 0.15) is 5.00 Å². The molecule has 2 amide bonds. The zero-order valence-corrected chi connectivity index (χ0v) is 15.7. The molecule has 8 heteroatoms. The van der Waals surface area contributed by atoms with Gasteiger partial charge in [-0.15, -0.1) is 11.3 Å². The van der Waals surface area contributed by atoms with Gasteiger partial charge in [-0.2, -0.15) is 13.2 Å². The summed E-state index contributed by atoms with van der Waals surface area (Å²) in [5, 5.41) is 4.60. The molecular weight excluding hydrogens is 377 g/mol. The number of thiophene rings is 1. The number of halogens is 3. The van der Waals surface area contributed by atoms with Crippen LogP contribution in [0, 0.1) is 13.8 Å². The maximum atomic E-state index is 12.9. The first-order valence-corrected chi connectivity index (χ1v) is 9.40. The van der Waals surface area contributed by atoms with Crippen LogP contribution in [0.25, 0.3) is 0 Å². The molecule has 0 saturated heterocycles. The molecule has 0 spiro atoms. The second-order valence-corrected chi connectivity index (χ2v) is 7.73. The van der Waals surface area contributed by atoms with E-state index in [0.29, 0.717) is 18.5 Å². The van der Waals surface area contributed by atoms with Crippen LogP contribution < -0.4 is 10.6 Å². The molecule has 0 fully saturated rings. The number of benzene rings is 1. The van der Waals surface area contributed by atoms with Gasteiger partial charge in [-0.3, -0.25) is 9.59 Å². The summed E-state index contributed by atoms with van der Waals surface area (Å²) in [6.07, 6.45) is -1.92. The number of aryl methyl sites for hydroxylation is 3. The zero-order valence-electron chi connectivity index (χ0n) is 14.9. The minimum Gasteiger partial charge on any atom is -0.322 e. The first-order valence-electron chi connectivity index (χ1n) is 8.58. The van der Waals surface area contributed by atoms with Crippen molar-refractivity contribution in [3.05, 3.63) is 45.3 Å². The molecule has 1 aromatic carbocycles. The number of fused-ring (bicyclic) bond motifs is 1. The molecule has 0 bridgehead atoms. The number of hydrogen-bond acceptors (Lipinski definition) is 3. The van der Waals surface area contributed by atoms with Gasteiger partial charge < -0.3 is 10.6 Å². The fraction of sp³-hybridized carbons (Fsp3) is 0.368. The monoisotopic (exact) mass is 396 g/mol. The van der Waals surface area contributed by atoms with Crippen LogP contribution in [0.2, 0.25) is 0 Å². The lowest BCUT2D eigenvalue weighted by Crippen LogP contribution is -2.30. The number of anilines is 2.